The number of aryl methyl sites for hydroxylation is 1. The fourth-order valence-corrected chi connectivity index (χ4v) is 4.41. The summed E-state index contributed by atoms with van der Waals surface area (Å²) in [4.78, 5) is 26.4. The van der Waals surface area contributed by atoms with Crippen molar-refractivity contribution in [2.24, 2.45) is 0 Å². The summed E-state index contributed by atoms with van der Waals surface area (Å²) < 4.78 is 10.9. The second-order valence-electron chi connectivity index (χ2n) is 8.68. The van der Waals surface area contributed by atoms with Crippen LogP contribution in [-0.2, 0) is 9.53 Å². The molecule has 1 amide bonds. The molecule has 8 nitrogen and oxygen atoms in total. The van der Waals surface area contributed by atoms with Gasteiger partial charge in [0, 0.05) is 37.2 Å². The number of likely N-dealkylation sites (tertiary alicyclic amines) is 1. The molecule has 2 aliphatic heterocycles. The molecule has 5 rings (SSSR count). The zero-order chi connectivity index (χ0) is 20.5. The molecule has 3 fully saturated rings. The highest BCUT2D eigenvalue weighted by molar-refractivity contribution is 5.78. The molecule has 0 radical (unpaired) electrons. The highest BCUT2D eigenvalue weighted by Crippen LogP contribution is 2.40. The third-order valence-electron chi connectivity index (χ3n) is 6.37. The van der Waals surface area contributed by atoms with Crippen LogP contribution < -0.4 is 0 Å². The van der Waals surface area contributed by atoms with Crippen LogP contribution >= 0.6 is 0 Å². The Morgan fingerprint density at radius 1 is 1.10 bits per heavy atom. The number of aromatic nitrogens is 3. The van der Waals surface area contributed by atoms with Crippen LogP contribution in [0.5, 0.6) is 0 Å². The molecule has 1 saturated carbocycles. The molecular formula is C22H29N5O3. The Bertz CT molecular complexity index is 896. The maximum Gasteiger partial charge on any atom is 0.236 e. The van der Waals surface area contributed by atoms with Gasteiger partial charge in [0.05, 0.1) is 36.7 Å². The Kier molecular flexibility index (Phi) is 5.52. The van der Waals surface area contributed by atoms with Gasteiger partial charge in [-0.3, -0.25) is 9.69 Å². The van der Waals surface area contributed by atoms with Crippen LogP contribution in [0.15, 0.2) is 16.8 Å². The number of carbonyl (C=O) groups excluding carboxylic acids is 1. The molecule has 2 aromatic rings. The molecule has 3 aliphatic rings. The zero-order valence-electron chi connectivity index (χ0n) is 17.5. The molecule has 2 saturated heterocycles. The lowest BCUT2D eigenvalue weighted by atomic mass is 9.90. The molecule has 0 aromatic carbocycles. The molecular weight excluding hydrogens is 382 g/mol. The maximum absolute atomic E-state index is 12.6. The minimum Gasteiger partial charge on any atom is -0.378 e. The summed E-state index contributed by atoms with van der Waals surface area (Å²) in [5.41, 5.74) is 2.91. The topological polar surface area (TPSA) is 84.6 Å². The maximum atomic E-state index is 12.6. The van der Waals surface area contributed by atoms with Crippen molar-refractivity contribution in [3.63, 3.8) is 0 Å². The first-order valence-corrected chi connectivity index (χ1v) is 11.1. The van der Waals surface area contributed by atoms with E-state index in [9.17, 15) is 4.79 Å². The van der Waals surface area contributed by atoms with Crippen LogP contribution in [0.2, 0.25) is 0 Å². The van der Waals surface area contributed by atoms with E-state index in [-0.39, 0.29) is 5.91 Å². The number of morpholine rings is 1. The highest BCUT2D eigenvalue weighted by atomic mass is 16.5. The molecule has 1 aliphatic carbocycles. The molecule has 8 heteroatoms. The van der Waals surface area contributed by atoms with E-state index in [1.165, 1.54) is 12.8 Å². The molecule has 30 heavy (non-hydrogen) atoms. The predicted octanol–water partition coefficient (Wildman–Crippen LogP) is 2.36. The number of piperidine rings is 1. The second-order valence-corrected chi connectivity index (χ2v) is 8.68. The van der Waals surface area contributed by atoms with Gasteiger partial charge in [0.2, 0.25) is 5.91 Å². The van der Waals surface area contributed by atoms with Crippen molar-refractivity contribution in [3.8, 4) is 11.3 Å². The van der Waals surface area contributed by atoms with Crippen LogP contribution in [0.3, 0.4) is 0 Å². The molecule has 0 bridgehead atoms. The molecule has 2 aromatic heterocycles. The first-order valence-electron chi connectivity index (χ1n) is 11.1. The SMILES string of the molecule is Cc1cc(-c2cnc(C3CC3)nc2C2CCN(CC(=O)N3CCOCC3)CC2)on1. The van der Waals surface area contributed by atoms with Crippen molar-refractivity contribution in [2.75, 3.05) is 45.9 Å². The number of ether oxygens (including phenoxy) is 1. The number of amides is 1. The molecule has 0 unspecified atom stereocenters. The van der Waals surface area contributed by atoms with Gasteiger partial charge in [-0.15, -0.1) is 0 Å². The summed E-state index contributed by atoms with van der Waals surface area (Å²) in [5, 5.41) is 4.05. The van der Waals surface area contributed by atoms with Crippen LogP contribution in [0, 0.1) is 6.92 Å². The predicted molar refractivity (Wildman–Crippen MR) is 110 cm³/mol. The van der Waals surface area contributed by atoms with Gasteiger partial charge in [-0.05, 0) is 45.7 Å². The summed E-state index contributed by atoms with van der Waals surface area (Å²) in [6, 6.07) is 1.95. The van der Waals surface area contributed by atoms with Gasteiger partial charge in [-0.1, -0.05) is 5.16 Å². The van der Waals surface area contributed by atoms with E-state index < -0.39 is 0 Å². The van der Waals surface area contributed by atoms with Crippen LogP contribution in [0.4, 0.5) is 0 Å². The van der Waals surface area contributed by atoms with Crippen molar-refractivity contribution >= 4 is 5.91 Å². The van der Waals surface area contributed by atoms with Gasteiger partial charge in [0.25, 0.3) is 0 Å². The Hall–Kier alpha value is -2.32. The van der Waals surface area contributed by atoms with E-state index in [4.69, 9.17) is 14.2 Å². The molecule has 0 spiro atoms. The third kappa shape index (κ3) is 4.25. The largest absolute Gasteiger partial charge is 0.378 e. The van der Waals surface area contributed by atoms with Crippen LogP contribution in [0.1, 0.15) is 54.7 Å². The van der Waals surface area contributed by atoms with Gasteiger partial charge in [0.1, 0.15) is 5.82 Å². The van der Waals surface area contributed by atoms with Crippen molar-refractivity contribution in [1.82, 2.24) is 24.9 Å². The lowest BCUT2D eigenvalue weighted by molar-refractivity contribution is -0.136. The average Bonchev–Trinajstić information content (AvgIpc) is 3.55. The summed E-state index contributed by atoms with van der Waals surface area (Å²) in [6.07, 6.45) is 6.25. The molecule has 4 heterocycles. The van der Waals surface area contributed by atoms with Crippen molar-refractivity contribution in [2.45, 2.75) is 44.4 Å². The van der Waals surface area contributed by atoms with E-state index in [0.717, 1.165) is 54.5 Å². The highest BCUT2D eigenvalue weighted by Gasteiger charge is 2.31. The van der Waals surface area contributed by atoms with E-state index >= 15 is 0 Å². The van der Waals surface area contributed by atoms with Gasteiger partial charge in [-0.2, -0.15) is 0 Å². The summed E-state index contributed by atoms with van der Waals surface area (Å²) in [5.74, 6) is 2.79. The summed E-state index contributed by atoms with van der Waals surface area (Å²) in [6.45, 7) is 6.94. The number of hydrogen-bond donors (Lipinski definition) is 0. The van der Waals surface area contributed by atoms with Gasteiger partial charge in [-0.25, -0.2) is 9.97 Å². The van der Waals surface area contributed by atoms with E-state index in [1.807, 2.05) is 24.1 Å². The van der Waals surface area contributed by atoms with E-state index in [2.05, 4.69) is 15.0 Å². The fraction of sp³-hybridized carbons (Fsp3) is 0.636. The quantitative estimate of drug-likeness (QED) is 0.747. The summed E-state index contributed by atoms with van der Waals surface area (Å²) in [7, 11) is 0. The number of hydrogen-bond acceptors (Lipinski definition) is 7. The lowest BCUT2D eigenvalue weighted by Gasteiger charge is -2.34. The van der Waals surface area contributed by atoms with Gasteiger partial charge in [0.15, 0.2) is 5.76 Å². The van der Waals surface area contributed by atoms with Crippen LogP contribution in [0.25, 0.3) is 11.3 Å². The van der Waals surface area contributed by atoms with E-state index in [0.29, 0.717) is 44.7 Å². The smallest absolute Gasteiger partial charge is 0.236 e. The number of carbonyl (C=O) groups is 1. The molecule has 160 valence electrons. The average molecular weight is 412 g/mol. The Balaban J connectivity index is 1.28. The minimum atomic E-state index is 0.215. The number of rotatable bonds is 5. The number of nitrogens with zero attached hydrogens (tertiary/aromatic N) is 5. The van der Waals surface area contributed by atoms with Crippen molar-refractivity contribution in [3.05, 3.63) is 29.5 Å². The van der Waals surface area contributed by atoms with Crippen molar-refractivity contribution in [1.29, 1.82) is 0 Å². The van der Waals surface area contributed by atoms with Crippen molar-refractivity contribution < 1.29 is 14.1 Å². The first-order chi connectivity index (χ1) is 14.7. The monoisotopic (exact) mass is 411 g/mol. The Morgan fingerprint density at radius 2 is 1.87 bits per heavy atom. The first kappa shape index (κ1) is 19.6. The standard InChI is InChI=1S/C22H29N5O3/c1-15-12-19(30-25-15)18-13-23-22(17-2-3-17)24-21(18)16-4-6-26(7-5-16)14-20(28)27-8-10-29-11-9-27/h12-13,16-17H,2-11,14H2,1H3. The molecule has 0 N–H and O–H groups in total. The van der Waals surface area contributed by atoms with Gasteiger partial charge < -0.3 is 14.2 Å². The summed E-state index contributed by atoms with van der Waals surface area (Å²) >= 11 is 0. The Morgan fingerprint density at radius 3 is 2.53 bits per heavy atom. The fourth-order valence-electron chi connectivity index (χ4n) is 4.41. The second kappa shape index (κ2) is 8.43. The third-order valence-corrected chi connectivity index (χ3v) is 6.37. The lowest BCUT2D eigenvalue weighted by Crippen LogP contribution is -2.47. The Labute approximate surface area is 176 Å². The van der Waals surface area contributed by atoms with Crippen LogP contribution in [-0.4, -0.2) is 76.8 Å². The molecule has 0 atom stereocenters. The minimum absolute atomic E-state index is 0.215. The van der Waals surface area contributed by atoms with Gasteiger partial charge >= 0.3 is 0 Å². The normalized spacial score (nSPS) is 21.2. The zero-order valence-corrected chi connectivity index (χ0v) is 17.5. The van der Waals surface area contributed by atoms with E-state index in [1.54, 1.807) is 0 Å².